The van der Waals surface area contributed by atoms with E-state index in [0.717, 1.165) is 25.7 Å². The molecule has 0 aromatic heterocycles. The number of benzene rings is 1. The van der Waals surface area contributed by atoms with Gasteiger partial charge in [0.2, 0.25) is 0 Å². The van der Waals surface area contributed by atoms with Crippen LogP contribution in [0.3, 0.4) is 0 Å². The predicted molar refractivity (Wildman–Crippen MR) is 95.1 cm³/mol. The molecular formula is C19H24ClNO4. The van der Waals surface area contributed by atoms with Gasteiger partial charge in [-0.2, -0.15) is 0 Å². The first-order valence-corrected chi connectivity index (χ1v) is 9.32. The van der Waals surface area contributed by atoms with Crippen molar-refractivity contribution in [2.45, 2.75) is 45.1 Å². The molecule has 2 fully saturated rings. The summed E-state index contributed by atoms with van der Waals surface area (Å²) in [6, 6.07) is 5.16. The standard InChI is InChI=1S/C19H24ClNO4/c1-12-11-21(9-8-15(12)19(23)24)18(22)16-10-13(20)6-7-17(16)25-14-4-2-3-5-14/h6-7,10,12,14-15H,2-5,8-9,11H2,1H3,(H,23,24). The molecule has 1 saturated heterocycles. The van der Waals surface area contributed by atoms with Gasteiger partial charge in [-0.3, -0.25) is 9.59 Å². The molecule has 6 heteroatoms. The van der Waals surface area contributed by atoms with Crippen LogP contribution in [0.2, 0.25) is 5.02 Å². The molecule has 1 aromatic rings. The van der Waals surface area contributed by atoms with Gasteiger partial charge in [0.25, 0.3) is 5.91 Å². The van der Waals surface area contributed by atoms with E-state index < -0.39 is 11.9 Å². The molecular weight excluding hydrogens is 342 g/mol. The van der Waals surface area contributed by atoms with Gasteiger partial charge >= 0.3 is 5.97 Å². The molecule has 5 nitrogen and oxygen atoms in total. The molecule has 136 valence electrons. The monoisotopic (exact) mass is 365 g/mol. The van der Waals surface area contributed by atoms with Crippen molar-refractivity contribution in [3.05, 3.63) is 28.8 Å². The van der Waals surface area contributed by atoms with E-state index in [1.807, 2.05) is 6.92 Å². The second kappa shape index (κ2) is 7.65. The number of likely N-dealkylation sites (tertiary alicyclic amines) is 1. The van der Waals surface area contributed by atoms with Crippen LogP contribution in [0.5, 0.6) is 5.75 Å². The van der Waals surface area contributed by atoms with Gasteiger partial charge in [0.15, 0.2) is 0 Å². The zero-order valence-corrected chi connectivity index (χ0v) is 15.2. The summed E-state index contributed by atoms with van der Waals surface area (Å²) in [5, 5.41) is 9.75. The second-order valence-electron chi connectivity index (χ2n) is 7.13. The van der Waals surface area contributed by atoms with Crippen LogP contribution >= 0.6 is 11.6 Å². The second-order valence-corrected chi connectivity index (χ2v) is 7.56. The number of carboxylic acid groups (broad SMARTS) is 1. The molecule has 1 aromatic carbocycles. The van der Waals surface area contributed by atoms with Crippen molar-refractivity contribution in [2.75, 3.05) is 13.1 Å². The Labute approximate surface area is 152 Å². The third kappa shape index (κ3) is 4.09. The van der Waals surface area contributed by atoms with Crippen LogP contribution in [0, 0.1) is 11.8 Å². The molecule has 0 radical (unpaired) electrons. The maximum Gasteiger partial charge on any atom is 0.306 e. The number of hydrogen-bond acceptors (Lipinski definition) is 3. The van der Waals surface area contributed by atoms with E-state index in [1.165, 1.54) is 0 Å². The zero-order valence-electron chi connectivity index (χ0n) is 14.4. The highest BCUT2D eigenvalue weighted by molar-refractivity contribution is 6.31. The first-order chi connectivity index (χ1) is 12.0. The van der Waals surface area contributed by atoms with Gasteiger partial charge in [-0.25, -0.2) is 0 Å². The first-order valence-electron chi connectivity index (χ1n) is 8.94. The van der Waals surface area contributed by atoms with Crippen molar-refractivity contribution < 1.29 is 19.4 Å². The minimum absolute atomic E-state index is 0.0754. The highest BCUT2D eigenvalue weighted by atomic mass is 35.5. The number of rotatable bonds is 4. The van der Waals surface area contributed by atoms with E-state index in [9.17, 15) is 14.7 Å². The number of nitrogens with zero attached hydrogens (tertiary/aromatic N) is 1. The van der Waals surface area contributed by atoms with E-state index in [0.29, 0.717) is 35.8 Å². The minimum Gasteiger partial charge on any atom is -0.490 e. The molecule has 1 saturated carbocycles. The van der Waals surface area contributed by atoms with Gasteiger partial charge < -0.3 is 14.7 Å². The summed E-state index contributed by atoms with van der Waals surface area (Å²) in [6.07, 6.45) is 4.96. The zero-order chi connectivity index (χ0) is 18.0. The van der Waals surface area contributed by atoms with Gasteiger partial charge in [-0.1, -0.05) is 18.5 Å². The van der Waals surface area contributed by atoms with Crippen molar-refractivity contribution in [3.8, 4) is 5.75 Å². The number of aliphatic carboxylic acids is 1. The fourth-order valence-corrected chi connectivity index (χ4v) is 4.00. The minimum atomic E-state index is -0.785. The maximum atomic E-state index is 13.0. The lowest BCUT2D eigenvalue weighted by Gasteiger charge is -2.35. The summed E-state index contributed by atoms with van der Waals surface area (Å²) < 4.78 is 6.06. The summed E-state index contributed by atoms with van der Waals surface area (Å²) in [7, 11) is 0. The summed E-state index contributed by atoms with van der Waals surface area (Å²) >= 11 is 6.11. The average Bonchev–Trinajstić information content (AvgIpc) is 3.08. The van der Waals surface area contributed by atoms with Crippen LogP contribution in [0.4, 0.5) is 0 Å². The molecule has 3 rings (SSSR count). The fraction of sp³-hybridized carbons (Fsp3) is 0.579. The van der Waals surface area contributed by atoms with Crippen molar-refractivity contribution in [1.29, 1.82) is 0 Å². The molecule has 1 amide bonds. The van der Waals surface area contributed by atoms with E-state index in [2.05, 4.69) is 0 Å². The lowest BCUT2D eigenvalue weighted by Crippen LogP contribution is -2.45. The van der Waals surface area contributed by atoms with E-state index in [4.69, 9.17) is 16.3 Å². The summed E-state index contributed by atoms with van der Waals surface area (Å²) in [4.78, 5) is 26.0. The number of carboxylic acids is 1. The van der Waals surface area contributed by atoms with E-state index >= 15 is 0 Å². The summed E-state index contributed by atoms with van der Waals surface area (Å²) in [5.41, 5.74) is 0.473. The van der Waals surface area contributed by atoms with Crippen molar-refractivity contribution >= 4 is 23.5 Å². The number of amides is 1. The van der Waals surface area contributed by atoms with Crippen molar-refractivity contribution in [3.63, 3.8) is 0 Å². The number of hydrogen-bond donors (Lipinski definition) is 1. The quantitative estimate of drug-likeness (QED) is 0.880. The Kier molecular flexibility index (Phi) is 5.52. The molecule has 1 N–H and O–H groups in total. The lowest BCUT2D eigenvalue weighted by atomic mass is 9.87. The molecule has 0 spiro atoms. The Morgan fingerprint density at radius 2 is 1.96 bits per heavy atom. The number of carbonyl (C=O) groups excluding carboxylic acids is 1. The van der Waals surface area contributed by atoms with Crippen LogP contribution in [0.25, 0.3) is 0 Å². The van der Waals surface area contributed by atoms with Crippen molar-refractivity contribution in [1.82, 2.24) is 4.90 Å². The number of piperidine rings is 1. The number of carbonyl (C=O) groups is 2. The average molecular weight is 366 g/mol. The van der Waals surface area contributed by atoms with Crippen LogP contribution in [0.15, 0.2) is 18.2 Å². The molecule has 25 heavy (non-hydrogen) atoms. The SMILES string of the molecule is CC1CN(C(=O)c2cc(Cl)ccc2OC2CCCC2)CCC1C(=O)O. The highest BCUT2D eigenvalue weighted by Crippen LogP contribution is 2.31. The Bertz CT molecular complexity index is 657. The van der Waals surface area contributed by atoms with Crippen LogP contribution in [-0.4, -0.2) is 41.1 Å². The van der Waals surface area contributed by atoms with Gasteiger partial charge in [-0.15, -0.1) is 0 Å². The van der Waals surface area contributed by atoms with Crippen LogP contribution in [0.1, 0.15) is 49.4 Å². The Hall–Kier alpha value is -1.75. The van der Waals surface area contributed by atoms with Crippen molar-refractivity contribution in [2.24, 2.45) is 11.8 Å². The molecule has 2 unspecified atom stereocenters. The van der Waals surface area contributed by atoms with Gasteiger partial charge in [0.05, 0.1) is 17.6 Å². The third-order valence-corrected chi connectivity index (χ3v) is 5.51. The maximum absolute atomic E-state index is 13.0. The topological polar surface area (TPSA) is 66.8 Å². The van der Waals surface area contributed by atoms with Gasteiger partial charge in [-0.05, 0) is 56.2 Å². The molecule has 0 bridgehead atoms. The number of halogens is 1. The Morgan fingerprint density at radius 1 is 1.24 bits per heavy atom. The van der Waals surface area contributed by atoms with Gasteiger partial charge in [0.1, 0.15) is 5.75 Å². The Morgan fingerprint density at radius 3 is 2.60 bits per heavy atom. The molecule has 2 atom stereocenters. The lowest BCUT2D eigenvalue weighted by molar-refractivity contribution is -0.145. The molecule has 1 aliphatic heterocycles. The normalized spacial score (nSPS) is 24.3. The van der Waals surface area contributed by atoms with E-state index in [-0.39, 0.29) is 17.9 Å². The summed E-state index contributed by atoms with van der Waals surface area (Å²) in [6.45, 7) is 2.76. The van der Waals surface area contributed by atoms with Crippen LogP contribution in [-0.2, 0) is 4.79 Å². The highest BCUT2D eigenvalue weighted by Gasteiger charge is 2.34. The number of ether oxygens (including phenoxy) is 1. The summed E-state index contributed by atoms with van der Waals surface area (Å²) in [5.74, 6) is -0.806. The smallest absolute Gasteiger partial charge is 0.306 e. The third-order valence-electron chi connectivity index (χ3n) is 5.28. The molecule has 1 heterocycles. The molecule has 2 aliphatic rings. The van der Waals surface area contributed by atoms with E-state index in [1.54, 1.807) is 23.1 Å². The first kappa shape index (κ1) is 18.1. The van der Waals surface area contributed by atoms with Crippen LogP contribution < -0.4 is 4.74 Å². The fourth-order valence-electron chi connectivity index (χ4n) is 3.83. The molecule has 1 aliphatic carbocycles. The Balaban J connectivity index is 1.77. The van der Waals surface area contributed by atoms with Gasteiger partial charge in [0, 0.05) is 18.1 Å². The predicted octanol–water partition coefficient (Wildman–Crippen LogP) is 3.84. The largest absolute Gasteiger partial charge is 0.490 e.